The lowest BCUT2D eigenvalue weighted by molar-refractivity contribution is -0.212. The van der Waals surface area contributed by atoms with Crippen LogP contribution in [0.2, 0.25) is 0 Å². The lowest BCUT2D eigenvalue weighted by atomic mass is 10.1. The molecule has 20 heavy (non-hydrogen) atoms. The first-order valence-corrected chi connectivity index (χ1v) is 7.04. The number of fused-ring (bicyclic) bond motifs is 2. The largest absolute Gasteiger partial charge is 0.340 e. The van der Waals surface area contributed by atoms with Crippen molar-refractivity contribution >= 4 is 11.6 Å². The van der Waals surface area contributed by atoms with Gasteiger partial charge < -0.3 is 9.64 Å². The fourth-order valence-corrected chi connectivity index (χ4v) is 3.20. The van der Waals surface area contributed by atoms with E-state index in [1.165, 1.54) is 0 Å². The number of amides is 1. The molecule has 108 valence electrons. The Morgan fingerprint density at radius 3 is 2.65 bits per heavy atom. The van der Waals surface area contributed by atoms with E-state index >= 15 is 0 Å². The van der Waals surface area contributed by atoms with Crippen molar-refractivity contribution in [1.29, 1.82) is 0 Å². The van der Waals surface area contributed by atoms with Crippen LogP contribution in [0, 0.1) is 0 Å². The maximum atomic E-state index is 12.7. The second-order valence-electron chi connectivity index (χ2n) is 5.69. The maximum absolute atomic E-state index is 12.7. The van der Waals surface area contributed by atoms with Gasteiger partial charge in [0.15, 0.2) is 0 Å². The zero-order valence-electron chi connectivity index (χ0n) is 12.4. The van der Waals surface area contributed by atoms with E-state index < -0.39 is 0 Å². The molecule has 0 spiro atoms. The highest BCUT2D eigenvalue weighted by Crippen LogP contribution is 2.33. The Bertz CT molecular complexity index is 534. The molecule has 1 fully saturated rings. The Balaban J connectivity index is 2.10. The van der Waals surface area contributed by atoms with Gasteiger partial charge in [-0.15, -0.1) is 0 Å². The molecule has 2 aliphatic heterocycles. The quantitative estimate of drug-likeness (QED) is 0.724. The second kappa shape index (κ2) is 4.75. The summed E-state index contributed by atoms with van der Waals surface area (Å²) in [6.45, 7) is 4.22. The summed E-state index contributed by atoms with van der Waals surface area (Å²) in [6, 6.07) is 7.95. The Kier molecular flexibility index (Phi) is 3.18. The van der Waals surface area contributed by atoms with E-state index in [1.54, 1.807) is 5.01 Å². The van der Waals surface area contributed by atoms with Gasteiger partial charge >= 0.3 is 0 Å². The molecule has 1 aromatic rings. The third kappa shape index (κ3) is 1.89. The van der Waals surface area contributed by atoms with Crippen molar-refractivity contribution in [3.05, 3.63) is 29.8 Å². The van der Waals surface area contributed by atoms with Gasteiger partial charge in [-0.2, -0.15) is 5.01 Å². The van der Waals surface area contributed by atoms with Crippen LogP contribution in [0.4, 0.5) is 5.69 Å². The number of carbonyl (C=O) groups is 1. The van der Waals surface area contributed by atoms with E-state index in [2.05, 4.69) is 13.8 Å². The fraction of sp³-hybridized carbons (Fsp3) is 0.533. The number of anilines is 1. The van der Waals surface area contributed by atoms with E-state index in [0.29, 0.717) is 0 Å². The van der Waals surface area contributed by atoms with Crippen molar-refractivity contribution < 1.29 is 9.53 Å². The summed E-state index contributed by atoms with van der Waals surface area (Å²) in [5.41, 5.74) is 1.63. The van der Waals surface area contributed by atoms with Gasteiger partial charge in [0.05, 0.1) is 17.4 Å². The first-order chi connectivity index (χ1) is 9.50. The number of hydrogen-bond acceptors (Lipinski definition) is 4. The van der Waals surface area contributed by atoms with E-state index in [1.807, 2.05) is 48.3 Å². The Morgan fingerprint density at radius 1 is 1.20 bits per heavy atom. The fourth-order valence-electron chi connectivity index (χ4n) is 3.20. The molecule has 0 saturated carbocycles. The van der Waals surface area contributed by atoms with Gasteiger partial charge in [-0.3, -0.25) is 9.80 Å². The van der Waals surface area contributed by atoms with Crippen LogP contribution in [0.3, 0.4) is 0 Å². The van der Waals surface area contributed by atoms with Crippen molar-refractivity contribution in [3.8, 4) is 0 Å². The standard InChI is InChI=1S/C15H21N3O2/c1-10-9-11(2)20-15-16(3)13-8-6-5-7-12(13)14(19)17(4)18(10)15/h5-8,10-11,15H,9H2,1-4H3/t10-,11+,15+/m0/s1. The lowest BCUT2D eigenvalue weighted by Crippen LogP contribution is -2.62. The molecule has 1 amide bonds. The Morgan fingerprint density at radius 2 is 1.90 bits per heavy atom. The summed E-state index contributed by atoms with van der Waals surface area (Å²) in [4.78, 5) is 14.7. The summed E-state index contributed by atoms with van der Waals surface area (Å²) in [7, 11) is 3.80. The summed E-state index contributed by atoms with van der Waals surface area (Å²) >= 11 is 0. The summed E-state index contributed by atoms with van der Waals surface area (Å²) in [6.07, 6.45) is 0.854. The Hall–Kier alpha value is -1.59. The third-order valence-corrected chi connectivity index (χ3v) is 4.19. The lowest BCUT2D eigenvalue weighted by Gasteiger charge is -2.48. The SMILES string of the molecule is C[C@@H]1C[C@H](C)N2[C@H](O1)N(C)c1ccccc1C(=O)N2C. The van der Waals surface area contributed by atoms with Crippen LogP contribution in [-0.2, 0) is 4.74 Å². The number of nitrogens with zero attached hydrogens (tertiary/aromatic N) is 3. The highest BCUT2D eigenvalue weighted by molar-refractivity contribution is 6.00. The zero-order chi connectivity index (χ0) is 14.4. The van der Waals surface area contributed by atoms with E-state index in [9.17, 15) is 4.79 Å². The second-order valence-corrected chi connectivity index (χ2v) is 5.69. The average molecular weight is 275 g/mol. The van der Waals surface area contributed by atoms with Crippen molar-refractivity contribution in [3.63, 3.8) is 0 Å². The van der Waals surface area contributed by atoms with Crippen LogP contribution in [0.5, 0.6) is 0 Å². The number of rotatable bonds is 0. The predicted molar refractivity (Wildman–Crippen MR) is 77.2 cm³/mol. The summed E-state index contributed by atoms with van der Waals surface area (Å²) < 4.78 is 6.09. The molecule has 1 aromatic carbocycles. The molecule has 0 aromatic heterocycles. The first-order valence-electron chi connectivity index (χ1n) is 7.04. The van der Waals surface area contributed by atoms with Crippen LogP contribution in [-0.4, -0.2) is 48.5 Å². The molecule has 2 aliphatic rings. The van der Waals surface area contributed by atoms with Gasteiger partial charge in [-0.1, -0.05) is 12.1 Å². The predicted octanol–water partition coefficient (Wildman–Crippen LogP) is 1.91. The van der Waals surface area contributed by atoms with Gasteiger partial charge in [-0.25, -0.2) is 0 Å². The molecule has 5 heteroatoms. The third-order valence-electron chi connectivity index (χ3n) is 4.19. The van der Waals surface area contributed by atoms with E-state index in [-0.39, 0.29) is 24.4 Å². The van der Waals surface area contributed by atoms with E-state index in [0.717, 1.165) is 17.7 Å². The van der Waals surface area contributed by atoms with Gasteiger partial charge in [0, 0.05) is 20.1 Å². The smallest absolute Gasteiger partial charge is 0.270 e. The topological polar surface area (TPSA) is 36.0 Å². The van der Waals surface area contributed by atoms with Gasteiger partial charge in [0.25, 0.3) is 5.91 Å². The maximum Gasteiger partial charge on any atom is 0.270 e. The molecule has 0 bridgehead atoms. The minimum absolute atomic E-state index is 0.0138. The van der Waals surface area contributed by atoms with Crippen LogP contribution < -0.4 is 4.90 Å². The molecule has 0 aliphatic carbocycles. The molecule has 0 unspecified atom stereocenters. The van der Waals surface area contributed by atoms with Crippen molar-refractivity contribution in [2.24, 2.45) is 0 Å². The van der Waals surface area contributed by atoms with E-state index in [4.69, 9.17) is 4.74 Å². The number of carbonyl (C=O) groups excluding carboxylic acids is 1. The number of ether oxygens (including phenoxy) is 1. The van der Waals surface area contributed by atoms with Gasteiger partial charge in [0.2, 0.25) is 6.35 Å². The van der Waals surface area contributed by atoms with Crippen molar-refractivity contribution in [2.75, 3.05) is 19.0 Å². The monoisotopic (exact) mass is 275 g/mol. The highest BCUT2D eigenvalue weighted by atomic mass is 16.5. The van der Waals surface area contributed by atoms with Crippen LogP contribution in [0.15, 0.2) is 24.3 Å². The first kappa shape index (κ1) is 13.4. The molecule has 1 saturated heterocycles. The minimum Gasteiger partial charge on any atom is -0.340 e. The number of para-hydroxylation sites is 1. The summed E-state index contributed by atoms with van der Waals surface area (Å²) in [5, 5.41) is 3.73. The normalized spacial score (nSPS) is 30.8. The molecule has 3 rings (SSSR count). The molecular formula is C15H21N3O2. The van der Waals surface area contributed by atoms with Crippen molar-refractivity contribution in [2.45, 2.75) is 38.8 Å². The zero-order valence-corrected chi connectivity index (χ0v) is 12.4. The van der Waals surface area contributed by atoms with Crippen LogP contribution >= 0.6 is 0 Å². The molecular weight excluding hydrogens is 254 g/mol. The highest BCUT2D eigenvalue weighted by Gasteiger charge is 2.42. The molecule has 2 heterocycles. The number of benzene rings is 1. The average Bonchev–Trinajstić information content (AvgIpc) is 2.50. The Labute approximate surface area is 119 Å². The van der Waals surface area contributed by atoms with Crippen LogP contribution in [0.1, 0.15) is 30.6 Å². The van der Waals surface area contributed by atoms with Gasteiger partial charge in [-0.05, 0) is 32.4 Å². The molecule has 0 N–H and O–H groups in total. The minimum atomic E-state index is -0.244. The number of hydrazine groups is 1. The molecule has 0 radical (unpaired) electrons. The van der Waals surface area contributed by atoms with Gasteiger partial charge in [0.1, 0.15) is 0 Å². The van der Waals surface area contributed by atoms with Crippen molar-refractivity contribution in [1.82, 2.24) is 10.0 Å². The van der Waals surface area contributed by atoms with Crippen LogP contribution in [0.25, 0.3) is 0 Å². The summed E-state index contributed by atoms with van der Waals surface area (Å²) in [5.74, 6) is 0.0138. The molecule has 3 atom stereocenters. The molecule has 5 nitrogen and oxygen atoms in total. The number of hydrogen-bond donors (Lipinski definition) is 0.